The molecule has 0 unspecified atom stereocenters. The van der Waals surface area contributed by atoms with Gasteiger partial charge in [0.1, 0.15) is 5.75 Å². The molecule has 1 aromatic heterocycles. The quantitative estimate of drug-likeness (QED) is 0.733. The Bertz CT molecular complexity index is 1080. The van der Waals surface area contributed by atoms with Gasteiger partial charge in [0.2, 0.25) is 5.95 Å². The summed E-state index contributed by atoms with van der Waals surface area (Å²) in [6.45, 7) is 2.04. The SMILES string of the molecule is COc1ccccc1C(=O)Nc1ncc2c(n1)C[C@H](c1ccc(C)cc1)CC2=O. The van der Waals surface area contributed by atoms with E-state index in [1.807, 2.05) is 19.1 Å². The lowest BCUT2D eigenvalue weighted by Crippen LogP contribution is -2.22. The van der Waals surface area contributed by atoms with Gasteiger partial charge in [0, 0.05) is 12.6 Å². The Morgan fingerprint density at radius 1 is 1.10 bits per heavy atom. The number of amides is 1. The number of carbonyl (C=O) groups is 2. The minimum absolute atomic E-state index is 0.0273. The Balaban J connectivity index is 1.58. The second-order valence-corrected chi connectivity index (χ2v) is 7.15. The summed E-state index contributed by atoms with van der Waals surface area (Å²) in [5.74, 6) is 0.386. The van der Waals surface area contributed by atoms with Gasteiger partial charge in [-0.05, 0) is 37.0 Å². The highest BCUT2D eigenvalue weighted by molar-refractivity contribution is 6.05. The van der Waals surface area contributed by atoms with E-state index >= 15 is 0 Å². The van der Waals surface area contributed by atoms with Crippen LogP contribution in [0.3, 0.4) is 0 Å². The van der Waals surface area contributed by atoms with E-state index in [1.54, 1.807) is 24.3 Å². The van der Waals surface area contributed by atoms with Crippen molar-refractivity contribution in [1.29, 1.82) is 0 Å². The van der Waals surface area contributed by atoms with Crippen molar-refractivity contribution in [2.75, 3.05) is 12.4 Å². The maximum atomic E-state index is 12.6. The standard InChI is InChI=1S/C23H21N3O3/c1-14-7-9-15(10-8-14)16-11-19-18(20(27)12-16)13-24-23(25-19)26-22(28)17-5-3-4-6-21(17)29-2/h3-10,13,16H,11-12H2,1-2H3,(H,24,25,26,28)/t16-/m0/s1. The third-order valence-corrected chi connectivity index (χ3v) is 5.17. The van der Waals surface area contributed by atoms with Crippen molar-refractivity contribution < 1.29 is 14.3 Å². The number of ketones is 1. The average molecular weight is 387 g/mol. The molecule has 6 heteroatoms. The van der Waals surface area contributed by atoms with Crippen molar-refractivity contribution in [3.63, 3.8) is 0 Å². The first-order valence-corrected chi connectivity index (χ1v) is 9.45. The highest BCUT2D eigenvalue weighted by atomic mass is 16.5. The van der Waals surface area contributed by atoms with Crippen LogP contribution in [0.2, 0.25) is 0 Å². The average Bonchev–Trinajstić information content (AvgIpc) is 2.74. The molecule has 1 heterocycles. The molecular formula is C23H21N3O3. The highest BCUT2D eigenvalue weighted by Gasteiger charge is 2.28. The molecule has 0 bridgehead atoms. The van der Waals surface area contributed by atoms with Crippen LogP contribution < -0.4 is 10.1 Å². The van der Waals surface area contributed by atoms with Crippen LogP contribution in [0, 0.1) is 6.92 Å². The number of methoxy groups -OCH3 is 1. The number of benzene rings is 2. The Hall–Kier alpha value is -3.54. The van der Waals surface area contributed by atoms with E-state index < -0.39 is 0 Å². The topological polar surface area (TPSA) is 81.2 Å². The number of Topliss-reactive ketones (excluding diaryl/α,β-unsaturated/α-hetero) is 1. The van der Waals surface area contributed by atoms with Gasteiger partial charge >= 0.3 is 0 Å². The number of aromatic nitrogens is 2. The van der Waals surface area contributed by atoms with Crippen molar-refractivity contribution in [1.82, 2.24) is 9.97 Å². The van der Waals surface area contributed by atoms with Gasteiger partial charge in [-0.1, -0.05) is 42.0 Å². The zero-order valence-electron chi connectivity index (χ0n) is 16.3. The van der Waals surface area contributed by atoms with Crippen LogP contribution >= 0.6 is 0 Å². The second kappa shape index (κ2) is 7.83. The Morgan fingerprint density at radius 3 is 2.62 bits per heavy atom. The minimum Gasteiger partial charge on any atom is -0.496 e. The first-order valence-electron chi connectivity index (χ1n) is 9.45. The van der Waals surface area contributed by atoms with Gasteiger partial charge in [0.15, 0.2) is 5.78 Å². The molecule has 0 radical (unpaired) electrons. The number of rotatable bonds is 4. The molecule has 0 spiro atoms. The summed E-state index contributed by atoms with van der Waals surface area (Å²) < 4.78 is 5.23. The molecule has 0 saturated carbocycles. The number of aryl methyl sites for hydroxylation is 1. The molecule has 146 valence electrons. The predicted octanol–water partition coefficient (Wildman–Crippen LogP) is 3.96. The summed E-state index contributed by atoms with van der Waals surface area (Å²) in [5.41, 5.74) is 3.89. The first kappa shape index (κ1) is 18.8. The third-order valence-electron chi connectivity index (χ3n) is 5.17. The smallest absolute Gasteiger partial charge is 0.261 e. The van der Waals surface area contributed by atoms with E-state index in [4.69, 9.17) is 4.74 Å². The van der Waals surface area contributed by atoms with Gasteiger partial charge in [0.25, 0.3) is 5.91 Å². The van der Waals surface area contributed by atoms with E-state index in [0.29, 0.717) is 35.4 Å². The fourth-order valence-electron chi connectivity index (χ4n) is 3.58. The molecule has 29 heavy (non-hydrogen) atoms. The molecule has 0 saturated heterocycles. The summed E-state index contributed by atoms with van der Waals surface area (Å²) in [6, 6.07) is 15.2. The largest absolute Gasteiger partial charge is 0.496 e. The van der Waals surface area contributed by atoms with E-state index in [9.17, 15) is 9.59 Å². The van der Waals surface area contributed by atoms with Gasteiger partial charge in [-0.2, -0.15) is 0 Å². The van der Waals surface area contributed by atoms with Crippen molar-refractivity contribution in [2.24, 2.45) is 0 Å². The lowest BCUT2D eigenvalue weighted by atomic mass is 9.82. The van der Waals surface area contributed by atoms with Crippen LogP contribution in [0.1, 0.15) is 49.9 Å². The zero-order valence-corrected chi connectivity index (χ0v) is 16.3. The van der Waals surface area contributed by atoms with E-state index in [0.717, 1.165) is 5.56 Å². The van der Waals surface area contributed by atoms with Gasteiger partial charge in [-0.3, -0.25) is 14.9 Å². The second-order valence-electron chi connectivity index (χ2n) is 7.15. The lowest BCUT2D eigenvalue weighted by molar-refractivity contribution is 0.0962. The molecule has 0 fully saturated rings. The fourth-order valence-corrected chi connectivity index (χ4v) is 3.58. The first-order chi connectivity index (χ1) is 14.0. The maximum Gasteiger partial charge on any atom is 0.261 e. The number of nitrogens with zero attached hydrogens (tertiary/aromatic N) is 2. The van der Waals surface area contributed by atoms with Crippen molar-refractivity contribution in [3.8, 4) is 5.75 Å². The number of carbonyl (C=O) groups excluding carboxylic acids is 2. The molecule has 3 aromatic rings. The van der Waals surface area contributed by atoms with Crippen molar-refractivity contribution in [2.45, 2.75) is 25.7 Å². The lowest BCUT2D eigenvalue weighted by Gasteiger charge is -2.23. The highest BCUT2D eigenvalue weighted by Crippen LogP contribution is 2.32. The molecule has 1 N–H and O–H groups in total. The number of hydrogen-bond donors (Lipinski definition) is 1. The zero-order chi connectivity index (χ0) is 20.4. The van der Waals surface area contributed by atoms with Crippen LogP contribution in [0.5, 0.6) is 5.75 Å². The summed E-state index contributed by atoms with van der Waals surface area (Å²) in [6.07, 6.45) is 2.57. The van der Waals surface area contributed by atoms with Crippen LogP contribution in [0.25, 0.3) is 0 Å². The van der Waals surface area contributed by atoms with Gasteiger partial charge in [-0.15, -0.1) is 0 Å². The van der Waals surface area contributed by atoms with E-state index in [-0.39, 0.29) is 23.6 Å². The summed E-state index contributed by atoms with van der Waals surface area (Å²) in [5, 5.41) is 2.71. The van der Waals surface area contributed by atoms with E-state index in [2.05, 4.69) is 27.4 Å². The number of nitrogens with one attached hydrogen (secondary N) is 1. The van der Waals surface area contributed by atoms with Crippen molar-refractivity contribution in [3.05, 3.63) is 82.7 Å². The Kier molecular flexibility index (Phi) is 5.08. The molecule has 6 nitrogen and oxygen atoms in total. The molecule has 0 aliphatic heterocycles. The van der Waals surface area contributed by atoms with Crippen LogP contribution in [-0.2, 0) is 6.42 Å². The molecule has 4 rings (SSSR count). The van der Waals surface area contributed by atoms with Gasteiger partial charge < -0.3 is 4.74 Å². The van der Waals surface area contributed by atoms with Crippen LogP contribution in [0.4, 0.5) is 5.95 Å². The normalized spacial score (nSPS) is 15.5. The minimum atomic E-state index is -0.361. The maximum absolute atomic E-state index is 12.6. The van der Waals surface area contributed by atoms with Crippen molar-refractivity contribution >= 4 is 17.6 Å². The number of anilines is 1. The fraction of sp³-hybridized carbons (Fsp3) is 0.217. The molecule has 1 aliphatic rings. The predicted molar refractivity (Wildman–Crippen MR) is 110 cm³/mol. The van der Waals surface area contributed by atoms with Gasteiger partial charge in [-0.25, -0.2) is 9.97 Å². The van der Waals surface area contributed by atoms with Crippen LogP contribution in [0.15, 0.2) is 54.7 Å². The molecule has 1 aliphatic carbocycles. The number of fused-ring (bicyclic) bond motifs is 1. The Morgan fingerprint density at radius 2 is 1.86 bits per heavy atom. The molecule has 1 amide bonds. The Labute approximate surface area is 169 Å². The molecule has 1 atom stereocenters. The monoisotopic (exact) mass is 387 g/mol. The van der Waals surface area contributed by atoms with Gasteiger partial charge in [0.05, 0.1) is 23.9 Å². The summed E-state index contributed by atoms with van der Waals surface area (Å²) in [7, 11) is 1.51. The van der Waals surface area contributed by atoms with E-state index in [1.165, 1.54) is 18.9 Å². The molecule has 2 aromatic carbocycles. The number of para-hydroxylation sites is 1. The molecular weight excluding hydrogens is 366 g/mol. The number of hydrogen-bond acceptors (Lipinski definition) is 5. The summed E-state index contributed by atoms with van der Waals surface area (Å²) in [4.78, 5) is 33.8. The third kappa shape index (κ3) is 3.87. The summed E-state index contributed by atoms with van der Waals surface area (Å²) >= 11 is 0. The van der Waals surface area contributed by atoms with Crippen LogP contribution in [-0.4, -0.2) is 28.8 Å². The number of ether oxygens (including phenoxy) is 1.